The Bertz CT molecular complexity index is 837. The van der Waals surface area contributed by atoms with Crippen LogP contribution in [0.3, 0.4) is 0 Å². The Hall–Kier alpha value is -1.43. The number of hydrogen-bond donors (Lipinski definition) is 0. The fraction of sp³-hybridized carbons (Fsp3) is 0.500. The van der Waals surface area contributed by atoms with Crippen molar-refractivity contribution in [2.45, 2.75) is 55.1 Å². The fourth-order valence-electron chi connectivity index (χ4n) is 4.83. The third-order valence-electron chi connectivity index (χ3n) is 6.49. The number of benzene rings is 2. The molecule has 5 heteroatoms. The molecule has 1 atom stereocenters. The van der Waals surface area contributed by atoms with E-state index in [1.807, 2.05) is 11.8 Å². The number of rotatable bonds is 6. The van der Waals surface area contributed by atoms with Crippen molar-refractivity contribution in [1.29, 1.82) is 0 Å². The summed E-state index contributed by atoms with van der Waals surface area (Å²) < 4.78 is 6.39. The Labute approximate surface area is 181 Å². The first-order valence-corrected chi connectivity index (χ1v) is 11.6. The number of para-hydroxylation sites is 1. The normalized spacial score (nSPS) is 24.6. The highest BCUT2D eigenvalue weighted by Gasteiger charge is 2.34. The number of fused-ring (bicyclic) bond motifs is 5. The molecule has 2 aromatic carbocycles. The van der Waals surface area contributed by atoms with E-state index in [0.717, 1.165) is 25.6 Å². The van der Waals surface area contributed by atoms with Crippen molar-refractivity contribution < 1.29 is 4.74 Å². The summed E-state index contributed by atoms with van der Waals surface area (Å²) in [5.74, 6) is 0.772. The lowest BCUT2D eigenvalue weighted by Crippen LogP contribution is -2.51. The molecule has 0 aromatic heterocycles. The maximum atomic E-state index is 6.39. The molecule has 29 heavy (non-hydrogen) atoms. The maximum Gasteiger partial charge on any atom is 0.0735 e. The van der Waals surface area contributed by atoms with Crippen LogP contribution < -0.4 is 4.90 Å². The van der Waals surface area contributed by atoms with E-state index < -0.39 is 0 Å². The predicted octanol–water partition coefficient (Wildman–Crippen LogP) is 5.32. The second-order valence-electron chi connectivity index (χ2n) is 8.36. The van der Waals surface area contributed by atoms with E-state index in [1.165, 1.54) is 65.5 Å². The molecule has 0 aliphatic carbocycles. The van der Waals surface area contributed by atoms with Gasteiger partial charge in [0.25, 0.3) is 0 Å². The van der Waals surface area contributed by atoms with Crippen LogP contribution in [0.1, 0.15) is 38.2 Å². The van der Waals surface area contributed by atoms with E-state index in [0.29, 0.717) is 6.10 Å². The van der Waals surface area contributed by atoms with E-state index in [4.69, 9.17) is 4.74 Å². The van der Waals surface area contributed by atoms with Gasteiger partial charge in [0, 0.05) is 31.3 Å². The zero-order chi connectivity index (χ0) is 18.9. The summed E-state index contributed by atoms with van der Waals surface area (Å²) in [5, 5.41) is 0. The average molecular weight is 405 g/mol. The van der Waals surface area contributed by atoms with E-state index >= 15 is 0 Å². The van der Waals surface area contributed by atoms with Gasteiger partial charge in [0.05, 0.1) is 24.1 Å². The predicted molar refractivity (Wildman–Crippen MR) is 122 cm³/mol. The second-order valence-corrected chi connectivity index (χ2v) is 9.45. The van der Waals surface area contributed by atoms with E-state index in [1.54, 1.807) is 0 Å². The first-order chi connectivity index (χ1) is 13.8. The molecular formula is C24H30BN2OS. The summed E-state index contributed by atoms with van der Waals surface area (Å²) in [6.45, 7) is 7.75. The Balaban J connectivity index is 0.00000205. The minimum Gasteiger partial charge on any atom is -0.372 e. The highest BCUT2D eigenvalue weighted by Crippen LogP contribution is 2.48. The first-order valence-electron chi connectivity index (χ1n) is 10.8. The Morgan fingerprint density at radius 1 is 1.03 bits per heavy atom. The largest absolute Gasteiger partial charge is 0.372 e. The number of ether oxygens (including phenoxy) is 1. The Morgan fingerprint density at radius 3 is 2.59 bits per heavy atom. The minimum absolute atomic E-state index is 0. The summed E-state index contributed by atoms with van der Waals surface area (Å²) in [7, 11) is 0. The first kappa shape index (κ1) is 20.8. The second kappa shape index (κ2) is 9.15. The third-order valence-corrected chi connectivity index (χ3v) is 7.60. The molecule has 3 fully saturated rings. The standard InChI is InChI=1S/C24H30N2OS.B/c1-2-3-12-26-20-6-4-5-7-23(20)28-24-15-18(8-9-21(24)26)17-27-22-16-25-13-10-19(22)11-14-25;/h4-9,15,19,22H,2-3,10-14,16-17H2,1H3;. The zero-order valence-corrected chi connectivity index (χ0v) is 18.2. The number of piperidine rings is 3. The highest BCUT2D eigenvalue weighted by molar-refractivity contribution is 7.99. The van der Waals surface area contributed by atoms with Gasteiger partial charge in [-0.25, -0.2) is 0 Å². The minimum atomic E-state index is 0. The number of nitrogens with zero attached hydrogens (tertiary/aromatic N) is 2. The molecule has 0 saturated carbocycles. The van der Waals surface area contributed by atoms with Crippen molar-refractivity contribution in [1.82, 2.24) is 4.90 Å². The molecule has 3 nitrogen and oxygen atoms in total. The molecule has 0 amide bonds. The lowest BCUT2D eigenvalue weighted by atomic mass is 9.86. The van der Waals surface area contributed by atoms with Crippen LogP contribution in [0.5, 0.6) is 0 Å². The van der Waals surface area contributed by atoms with Gasteiger partial charge < -0.3 is 14.5 Å². The lowest BCUT2D eigenvalue weighted by molar-refractivity contribution is -0.0766. The van der Waals surface area contributed by atoms with Gasteiger partial charge in [-0.2, -0.15) is 0 Å². The van der Waals surface area contributed by atoms with Gasteiger partial charge in [-0.3, -0.25) is 0 Å². The van der Waals surface area contributed by atoms with Gasteiger partial charge in [-0.15, -0.1) is 0 Å². The molecule has 151 valence electrons. The summed E-state index contributed by atoms with van der Waals surface area (Å²) >= 11 is 1.90. The molecule has 3 radical (unpaired) electrons. The molecular weight excluding hydrogens is 375 g/mol. The lowest BCUT2D eigenvalue weighted by Gasteiger charge is -2.44. The van der Waals surface area contributed by atoms with Gasteiger partial charge in [-0.05, 0) is 68.1 Å². The molecule has 0 spiro atoms. The average Bonchev–Trinajstić information content (AvgIpc) is 2.76. The van der Waals surface area contributed by atoms with Crippen LogP contribution in [0.25, 0.3) is 0 Å². The van der Waals surface area contributed by atoms with Crippen molar-refractivity contribution in [2.24, 2.45) is 5.92 Å². The summed E-state index contributed by atoms with van der Waals surface area (Å²) in [6, 6.07) is 15.7. The molecule has 2 bridgehead atoms. The topological polar surface area (TPSA) is 15.7 Å². The molecule has 6 rings (SSSR count). The molecule has 2 aromatic rings. The van der Waals surface area contributed by atoms with Gasteiger partial charge in [0.1, 0.15) is 0 Å². The molecule has 3 saturated heterocycles. The monoisotopic (exact) mass is 405 g/mol. The van der Waals surface area contributed by atoms with Crippen molar-refractivity contribution in [3.8, 4) is 0 Å². The smallest absolute Gasteiger partial charge is 0.0735 e. The number of anilines is 2. The van der Waals surface area contributed by atoms with Crippen molar-refractivity contribution >= 4 is 31.5 Å². The van der Waals surface area contributed by atoms with Crippen LogP contribution in [0.2, 0.25) is 0 Å². The van der Waals surface area contributed by atoms with Gasteiger partial charge >= 0.3 is 0 Å². The van der Waals surface area contributed by atoms with Gasteiger partial charge in [0.15, 0.2) is 0 Å². The Morgan fingerprint density at radius 2 is 1.83 bits per heavy atom. The van der Waals surface area contributed by atoms with Crippen LogP contribution in [0.15, 0.2) is 52.3 Å². The molecule has 0 N–H and O–H groups in total. The molecule has 1 unspecified atom stereocenters. The van der Waals surface area contributed by atoms with Crippen LogP contribution in [-0.4, -0.2) is 45.6 Å². The van der Waals surface area contributed by atoms with Crippen LogP contribution in [0, 0.1) is 5.92 Å². The summed E-state index contributed by atoms with van der Waals surface area (Å²) in [5.41, 5.74) is 4.01. The van der Waals surface area contributed by atoms with Gasteiger partial charge in [-0.1, -0.05) is 43.3 Å². The Kier molecular flexibility index (Phi) is 6.58. The van der Waals surface area contributed by atoms with Crippen LogP contribution >= 0.6 is 11.8 Å². The van der Waals surface area contributed by atoms with Crippen LogP contribution in [-0.2, 0) is 11.3 Å². The van der Waals surface area contributed by atoms with Crippen LogP contribution in [0.4, 0.5) is 11.4 Å². The van der Waals surface area contributed by atoms with Gasteiger partial charge in [0.2, 0.25) is 0 Å². The SMILES string of the molecule is CCCCN1c2ccccc2Sc2cc(COC3CN4CCC3CC4)ccc21.[B]. The number of hydrogen-bond acceptors (Lipinski definition) is 4. The highest BCUT2D eigenvalue weighted by atomic mass is 32.2. The maximum absolute atomic E-state index is 6.39. The van der Waals surface area contributed by atoms with E-state index in [9.17, 15) is 0 Å². The van der Waals surface area contributed by atoms with E-state index in [-0.39, 0.29) is 8.41 Å². The molecule has 4 aliphatic heterocycles. The molecule has 4 heterocycles. The van der Waals surface area contributed by atoms with Crippen molar-refractivity contribution in [3.63, 3.8) is 0 Å². The van der Waals surface area contributed by atoms with E-state index in [2.05, 4.69) is 59.2 Å². The molecule has 4 aliphatic rings. The van der Waals surface area contributed by atoms with Crippen molar-refractivity contribution in [2.75, 3.05) is 31.1 Å². The zero-order valence-electron chi connectivity index (χ0n) is 17.3. The third kappa shape index (κ3) is 4.23. The number of unbranched alkanes of at least 4 members (excludes halogenated alkanes) is 1. The summed E-state index contributed by atoms with van der Waals surface area (Å²) in [6.07, 6.45) is 5.48. The fourth-order valence-corrected chi connectivity index (χ4v) is 5.99. The quantitative estimate of drug-likeness (QED) is 0.605. The summed E-state index contributed by atoms with van der Waals surface area (Å²) in [4.78, 5) is 7.80. The van der Waals surface area contributed by atoms with Crippen molar-refractivity contribution in [3.05, 3.63) is 48.0 Å².